The molecule has 0 bridgehead atoms. The Bertz CT molecular complexity index is 390. The van der Waals surface area contributed by atoms with Gasteiger partial charge in [0.15, 0.2) is 0 Å². The van der Waals surface area contributed by atoms with Gasteiger partial charge in [0.1, 0.15) is 12.4 Å². The topological polar surface area (TPSA) is 21.3 Å². The van der Waals surface area contributed by atoms with Gasteiger partial charge in [0.25, 0.3) is 0 Å². The minimum atomic E-state index is 0.141. The molecule has 1 aliphatic heterocycles. The van der Waals surface area contributed by atoms with Gasteiger partial charge in [-0.2, -0.15) is 0 Å². The maximum Gasteiger partial charge on any atom is 0.127 e. The van der Waals surface area contributed by atoms with Gasteiger partial charge in [0, 0.05) is 18.7 Å². The Labute approximate surface area is 98.0 Å². The third kappa shape index (κ3) is 2.07. The quantitative estimate of drug-likeness (QED) is 0.724. The Morgan fingerprint density at radius 1 is 1.25 bits per heavy atom. The molecule has 0 atom stereocenters. The lowest BCUT2D eigenvalue weighted by atomic mass is 9.84. The van der Waals surface area contributed by atoms with Gasteiger partial charge in [-0.1, -0.05) is 32.9 Å². The first-order valence-electron chi connectivity index (χ1n) is 5.96. The van der Waals surface area contributed by atoms with Gasteiger partial charge < -0.3 is 10.1 Å². The summed E-state index contributed by atoms with van der Waals surface area (Å²) in [5.74, 6) is 1.11. The Hall–Kier alpha value is -1.02. The number of ether oxygens (including phenoxy) is 1. The molecule has 0 aromatic heterocycles. The zero-order chi connectivity index (χ0) is 11.8. The molecular weight excluding hydrogens is 198 g/mol. The molecule has 1 aliphatic rings. The molecule has 0 saturated carbocycles. The van der Waals surface area contributed by atoms with Crippen molar-refractivity contribution in [2.24, 2.45) is 0 Å². The number of hydrogen-bond donors (Lipinski definition) is 1. The molecule has 0 radical (unpaired) electrons. The van der Waals surface area contributed by atoms with Gasteiger partial charge in [0.05, 0.1) is 0 Å². The van der Waals surface area contributed by atoms with Gasteiger partial charge >= 0.3 is 0 Å². The van der Waals surface area contributed by atoms with E-state index in [1.54, 1.807) is 0 Å². The Morgan fingerprint density at radius 2 is 2.00 bits per heavy atom. The lowest BCUT2D eigenvalue weighted by Gasteiger charge is -2.24. The van der Waals surface area contributed by atoms with Crippen LogP contribution in [0.4, 0.5) is 0 Å². The summed E-state index contributed by atoms with van der Waals surface area (Å²) in [5, 5.41) is 3.40. The molecular formula is C14H21NO. The lowest BCUT2D eigenvalue weighted by Crippen LogP contribution is -2.16. The highest BCUT2D eigenvalue weighted by molar-refractivity contribution is 5.49. The summed E-state index contributed by atoms with van der Waals surface area (Å²) in [4.78, 5) is 0. The van der Waals surface area contributed by atoms with Crippen molar-refractivity contribution < 1.29 is 4.74 Å². The molecule has 2 heteroatoms. The fourth-order valence-corrected chi connectivity index (χ4v) is 2.14. The standard InChI is InChI=1S/C14H21NO/c1-10-5-6-12(14(2,3)4)13-11(10)9-15-7-8-16-13/h5-6,15H,7-9H2,1-4H3. The van der Waals surface area contributed by atoms with Crippen molar-refractivity contribution in [3.8, 4) is 5.75 Å². The van der Waals surface area contributed by atoms with Crippen molar-refractivity contribution in [3.63, 3.8) is 0 Å². The summed E-state index contributed by atoms with van der Waals surface area (Å²) in [5.41, 5.74) is 4.10. The first kappa shape index (κ1) is 11.5. The number of fused-ring (bicyclic) bond motifs is 1. The van der Waals surface area contributed by atoms with E-state index in [-0.39, 0.29) is 5.41 Å². The highest BCUT2D eigenvalue weighted by Crippen LogP contribution is 2.36. The molecule has 0 aliphatic carbocycles. The van der Waals surface area contributed by atoms with Crippen LogP contribution in [0.25, 0.3) is 0 Å². The van der Waals surface area contributed by atoms with E-state index in [1.165, 1.54) is 16.7 Å². The Morgan fingerprint density at radius 3 is 2.69 bits per heavy atom. The fourth-order valence-electron chi connectivity index (χ4n) is 2.14. The maximum absolute atomic E-state index is 5.92. The van der Waals surface area contributed by atoms with Crippen LogP contribution in [-0.4, -0.2) is 13.2 Å². The zero-order valence-corrected chi connectivity index (χ0v) is 10.7. The minimum absolute atomic E-state index is 0.141. The summed E-state index contributed by atoms with van der Waals surface area (Å²) < 4.78 is 5.92. The van der Waals surface area contributed by atoms with Crippen LogP contribution in [0.15, 0.2) is 12.1 Å². The van der Waals surface area contributed by atoms with E-state index in [4.69, 9.17) is 4.74 Å². The van der Waals surface area contributed by atoms with E-state index < -0.39 is 0 Å². The summed E-state index contributed by atoms with van der Waals surface area (Å²) in [6, 6.07) is 4.41. The van der Waals surface area contributed by atoms with Crippen LogP contribution in [-0.2, 0) is 12.0 Å². The Balaban J connectivity index is 2.56. The highest BCUT2D eigenvalue weighted by atomic mass is 16.5. The van der Waals surface area contributed by atoms with E-state index in [0.29, 0.717) is 0 Å². The maximum atomic E-state index is 5.92. The van der Waals surface area contributed by atoms with Crippen LogP contribution < -0.4 is 10.1 Å². The molecule has 16 heavy (non-hydrogen) atoms. The molecule has 1 aromatic rings. The van der Waals surface area contributed by atoms with Crippen molar-refractivity contribution in [1.29, 1.82) is 0 Å². The first-order chi connectivity index (χ1) is 7.50. The molecule has 2 rings (SSSR count). The van der Waals surface area contributed by atoms with Gasteiger partial charge in [-0.15, -0.1) is 0 Å². The van der Waals surface area contributed by atoms with Crippen LogP contribution in [0.2, 0.25) is 0 Å². The second-order valence-corrected chi connectivity index (χ2v) is 5.51. The van der Waals surface area contributed by atoms with Crippen LogP contribution >= 0.6 is 0 Å². The normalized spacial score (nSPS) is 16.2. The monoisotopic (exact) mass is 219 g/mol. The molecule has 0 saturated heterocycles. The smallest absolute Gasteiger partial charge is 0.127 e. The largest absolute Gasteiger partial charge is 0.492 e. The Kier molecular flexibility index (Phi) is 2.94. The van der Waals surface area contributed by atoms with Crippen molar-refractivity contribution in [1.82, 2.24) is 5.32 Å². The van der Waals surface area contributed by atoms with E-state index in [0.717, 1.165) is 25.4 Å². The van der Waals surface area contributed by atoms with Gasteiger partial charge in [0.2, 0.25) is 0 Å². The van der Waals surface area contributed by atoms with Crippen LogP contribution in [0, 0.1) is 6.92 Å². The van der Waals surface area contributed by atoms with E-state index in [1.807, 2.05) is 0 Å². The molecule has 0 spiro atoms. The second kappa shape index (κ2) is 4.10. The number of nitrogens with one attached hydrogen (secondary N) is 1. The summed E-state index contributed by atoms with van der Waals surface area (Å²) in [6.45, 7) is 11.5. The van der Waals surface area contributed by atoms with Crippen LogP contribution in [0.1, 0.15) is 37.5 Å². The van der Waals surface area contributed by atoms with Gasteiger partial charge in [-0.25, -0.2) is 0 Å². The summed E-state index contributed by atoms with van der Waals surface area (Å²) in [6.07, 6.45) is 0. The summed E-state index contributed by atoms with van der Waals surface area (Å²) >= 11 is 0. The minimum Gasteiger partial charge on any atom is -0.492 e. The number of benzene rings is 1. The molecule has 0 fully saturated rings. The van der Waals surface area contributed by atoms with Crippen molar-refractivity contribution in [2.75, 3.05) is 13.2 Å². The SMILES string of the molecule is Cc1ccc(C(C)(C)C)c2c1CNCCO2. The third-order valence-corrected chi connectivity index (χ3v) is 3.13. The van der Waals surface area contributed by atoms with Crippen molar-refractivity contribution in [3.05, 3.63) is 28.8 Å². The molecule has 1 heterocycles. The van der Waals surface area contributed by atoms with Crippen molar-refractivity contribution >= 4 is 0 Å². The predicted molar refractivity (Wildman–Crippen MR) is 67.1 cm³/mol. The molecule has 1 aromatic carbocycles. The van der Waals surface area contributed by atoms with E-state index in [2.05, 4.69) is 45.1 Å². The molecule has 2 nitrogen and oxygen atoms in total. The number of aryl methyl sites for hydroxylation is 1. The second-order valence-electron chi connectivity index (χ2n) is 5.51. The molecule has 1 N–H and O–H groups in total. The molecule has 0 unspecified atom stereocenters. The predicted octanol–water partition coefficient (Wildman–Crippen LogP) is 2.77. The van der Waals surface area contributed by atoms with E-state index in [9.17, 15) is 0 Å². The summed E-state index contributed by atoms with van der Waals surface area (Å²) in [7, 11) is 0. The van der Waals surface area contributed by atoms with Gasteiger partial charge in [-0.3, -0.25) is 0 Å². The first-order valence-corrected chi connectivity index (χ1v) is 5.96. The average Bonchev–Trinajstić information content (AvgIpc) is 2.42. The molecule has 88 valence electrons. The van der Waals surface area contributed by atoms with Crippen molar-refractivity contribution in [2.45, 2.75) is 39.7 Å². The fraction of sp³-hybridized carbons (Fsp3) is 0.571. The number of rotatable bonds is 0. The average molecular weight is 219 g/mol. The lowest BCUT2D eigenvalue weighted by molar-refractivity contribution is 0.317. The third-order valence-electron chi connectivity index (χ3n) is 3.13. The number of hydrogen-bond acceptors (Lipinski definition) is 2. The molecule has 0 amide bonds. The van der Waals surface area contributed by atoms with Gasteiger partial charge in [-0.05, 0) is 23.5 Å². The van der Waals surface area contributed by atoms with E-state index >= 15 is 0 Å². The highest BCUT2D eigenvalue weighted by Gasteiger charge is 2.23. The van der Waals surface area contributed by atoms with Crippen LogP contribution in [0.5, 0.6) is 5.75 Å². The van der Waals surface area contributed by atoms with Crippen LogP contribution in [0.3, 0.4) is 0 Å². The zero-order valence-electron chi connectivity index (χ0n) is 10.7.